The fraction of sp³-hybridized carbons (Fsp3) is 0.222. The average molecular weight is 465 g/mol. The van der Waals surface area contributed by atoms with Crippen molar-refractivity contribution in [3.63, 3.8) is 0 Å². The Bertz CT molecular complexity index is 1200. The molecule has 0 aromatic carbocycles. The molecule has 9 nitrogen and oxygen atoms in total. The number of rotatable bonds is 5. The van der Waals surface area contributed by atoms with Gasteiger partial charge in [0.15, 0.2) is 5.13 Å². The SMILES string of the molecule is COC(=O)c1sccc1S(=O)(=O)N1CCc2nc(NC(=O)c3ccccn3)sc2C1. The fourth-order valence-corrected chi connectivity index (χ4v) is 6.79. The van der Waals surface area contributed by atoms with Crippen molar-refractivity contribution in [2.24, 2.45) is 0 Å². The molecule has 3 aromatic heterocycles. The first-order chi connectivity index (χ1) is 14.4. The molecule has 1 amide bonds. The van der Waals surface area contributed by atoms with E-state index in [2.05, 4.69) is 20.0 Å². The van der Waals surface area contributed by atoms with Gasteiger partial charge in [-0.05, 0) is 23.6 Å². The van der Waals surface area contributed by atoms with Gasteiger partial charge in [-0.3, -0.25) is 15.1 Å². The number of amides is 1. The zero-order valence-corrected chi connectivity index (χ0v) is 18.1. The molecule has 0 radical (unpaired) electrons. The highest BCUT2D eigenvalue weighted by atomic mass is 32.2. The highest BCUT2D eigenvalue weighted by molar-refractivity contribution is 7.89. The van der Waals surface area contributed by atoms with Crippen LogP contribution in [0.15, 0.2) is 40.7 Å². The first-order valence-electron chi connectivity index (χ1n) is 8.77. The largest absolute Gasteiger partial charge is 0.465 e. The van der Waals surface area contributed by atoms with Crippen LogP contribution in [0, 0.1) is 0 Å². The van der Waals surface area contributed by atoms with Gasteiger partial charge in [-0.15, -0.1) is 22.7 Å². The first-order valence-corrected chi connectivity index (χ1v) is 11.9. The Morgan fingerprint density at radius 3 is 2.83 bits per heavy atom. The summed E-state index contributed by atoms with van der Waals surface area (Å²) in [5, 5.41) is 4.64. The Morgan fingerprint density at radius 1 is 1.27 bits per heavy atom. The fourth-order valence-electron chi connectivity index (χ4n) is 2.97. The highest BCUT2D eigenvalue weighted by Crippen LogP contribution is 2.33. The molecule has 0 bridgehead atoms. The van der Waals surface area contributed by atoms with Crippen molar-refractivity contribution in [2.75, 3.05) is 19.0 Å². The van der Waals surface area contributed by atoms with E-state index >= 15 is 0 Å². The molecule has 0 unspecified atom stereocenters. The Kier molecular flexibility index (Phi) is 5.64. The average Bonchev–Trinajstić information content (AvgIpc) is 3.40. The molecule has 0 aliphatic carbocycles. The number of anilines is 1. The lowest BCUT2D eigenvalue weighted by atomic mass is 10.2. The maximum Gasteiger partial charge on any atom is 0.349 e. The predicted octanol–water partition coefficient (Wildman–Crippen LogP) is 2.39. The number of thiazole rings is 1. The number of carbonyl (C=O) groups is 2. The minimum absolute atomic E-state index is 0.0518. The van der Waals surface area contributed by atoms with Crippen LogP contribution < -0.4 is 5.32 Å². The monoisotopic (exact) mass is 464 g/mol. The minimum atomic E-state index is -3.88. The van der Waals surface area contributed by atoms with Gasteiger partial charge >= 0.3 is 5.97 Å². The second kappa shape index (κ2) is 8.22. The summed E-state index contributed by atoms with van der Waals surface area (Å²) in [6, 6.07) is 6.43. The summed E-state index contributed by atoms with van der Waals surface area (Å²) in [6.07, 6.45) is 1.93. The number of nitrogens with zero attached hydrogens (tertiary/aromatic N) is 3. The number of esters is 1. The Balaban J connectivity index is 1.54. The number of sulfonamides is 1. The molecule has 0 saturated heterocycles. The zero-order chi connectivity index (χ0) is 21.3. The summed E-state index contributed by atoms with van der Waals surface area (Å²) in [7, 11) is -2.67. The number of pyridine rings is 1. The molecular weight excluding hydrogens is 448 g/mol. The second-order valence-corrected chi connectivity index (χ2v) is 10.2. The normalized spacial score (nSPS) is 14.2. The number of hydrogen-bond acceptors (Lipinski definition) is 9. The van der Waals surface area contributed by atoms with Crippen LogP contribution in [0.5, 0.6) is 0 Å². The maximum absolute atomic E-state index is 13.1. The summed E-state index contributed by atoms with van der Waals surface area (Å²) in [6.45, 7) is 0.342. The van der Waals surface area contributed by atoms with Gasteiger partial charge in [0, 0.05) is 24.0 Å². The molecule has 156 valence electrons. The third-order valence-electron chi connectivity index (χ3n) is 4.43. The van der Waals surface area contributed by atoms with Crippen LogP contribution in [-0.2, 0) is 27.7 Å². The van der Waals surface area contributed by atoms with Crippen molar-refractivity contribution in [1.29, 1.82) is 0 Å². The molecule has 0 spiro atoms. The van der Waals surface area contributed by atoms with Gasteiger partial charge in [-0.2, -0.15) is 4.31 Å². The number of nitrogens with one attached hydrogen (secondary N) is 1. The van der Waals surface area contributed by atoms with Crippen molar-refractivity contribution in [3.8, 4) is 0 Å². The molecule has 3 aromatic rings. The highest BCUT2D eigenvalue weighted by Gasteiger charge is 2.34. The van der Waals surface area contributed by atoms with Crippen molar-refractivity contribution >= 4 is 49.7 Å². The number of ether oxygens (including phenoxy) is 1. The minimum Gasteiger partial charge on any atom is -0.465 e. The van der Waals surface area contributed by atoms with Gasteiger partial charge in [-0.1, -0.05) is 6.07 Å². The molecule has 0 saturated carbocycles. The van der Waals surface area contributed by atoms with E-state index in [-0.39, 0.29) is 34.5 Å². The number of hydrogen-bond donors (Lipinski definition) is 1. The number of methoxy groups -OCH3 is 1. The quantitative estimate of drug-likeness (QED) is 0.576. The van der Waals surface area contributed by atoms with Crippen molar-refractivity contribution in [1.82, 2.24) is 14.3 Å². The molecule has 0 fully saturated rings. The molecule has 4 rings (SSSR count). The molecule has 1 aliphatic heterocycles. The lowest BCUT2D eigenvalue weighted by Crippen LogP contribution is -2.36. The van der Waals surface area contributed by atoms with E-state index in [9.17, 15) is 18.0 Å². The molecule has 1 aliphatic rings. The van der Waals surface area contributed by atoms with E-state index in [1.807, 2.05) is 0 Å². The summed E-state index contributed by atoms with van der Waals surface area (Å²) >= 11 is 2.25. The summed E-state index contributed by atoms with van der Waals surface area (Å²) in [5.41, 5.74) is 1.02. The van der Waals surface area contributed by atoms with Crippen LogP contribution in [0.4, 0.5) is 5.13 Å². The molecule has 4 heterocycles. The van der Waals surface area contributed by atoms with Crippen LogP contribution in [0.1, 0.15) is 30.7 Å². The van der Waals surface area contributed by atoms with Crippen molar-refractivity contribution < 1.29 is 22.7 Å². The molecule has 0 atom stereocenters. The molecule has 30 heavy (non-hydrogen) atoms. The lowest BCUT2D eigenvalue weighted by molar-refractivity contribution is 0.0602. The summed E-state index contributed by atoms with van der Waals surface area (Å²) < 4.78 is 32.2. The van der Waals surface area contributed by atoms with Gasteiger partial charge < -0.3 is 4.74 Å². The van der Waals surface area contributed by atoms with Crippen molar-refractivity contribution in [3.05, 3.63) is 57.0 Å². The third kappa shape index (κ3) is 3.86. The predicted molar refractivity (Wildman–Crippen MR) is 111 cm³/mol. The van der Waals surface area contributed by atoms with Gasteiger partial charge in [0.05, 0.1) is 19.3 Å². The standard InChI is InChI=1S/C18H16N4O5S3/c1-27-17(24)15-14(6-9-28-15)30(25,26)22-8-5-11-13(10-22)29-18(20-11)21-16(23)12-4-2-3-7-19-12/h2-4,6-7,9H,5,8,10H2,1H3,(H,20,21,23). The van der Waals surface area contributed by atoms with Crippen LogP contribution in [0.3, 0.4) is 0 Å². The topological polar surface area (TPSA) is 119 Å². The van der Waals surface area contributed by atoms with E-state index < -0.39 is 16.0 Å². The Morgan fingerprint density at radius 2 is 2.10 bits per heavy atom. The number of aromatic nitrogens is 2. The maximum atomic E-state index is 13.1. The van der Waals surface area contributed by atoms with Crippen LogP contribution in [0.2, 0.25) is 0 Å². The molecule has 12 heteroatoms. The van der Waals surface area contributed by atoms with E-state index in [0.717, 1.165) is 21.9 Å². The smallest absolute Gasteiger partial charge is 0.349 e. The van der Waals surface area contributed by atoms with Crippen LogP contribution in [-0.4, -0.2) is 48.2 Å². The van der Waals surface area contributed by atoms with Gasteiger partial charge in [0.25, 0.3) is 5.91 Å². The van der Waals surface area contributed by atoms with Crippen LogP contribution in [0.25, 0.3) is 0 Å². The summed E-state index contributed by atoms with van der Waals surface area (Å²) in [4.78, 5) is 33.3. The zero-order valence-electron chi connectivity index (χ0n) is 15.7. The van der Waals surface area contributed by atoms with Gasteiger partial charge in [0.1, 0.15) is 15.5 Å². The summed E-state index contributed by atoms with van der Waals surface area (Å²) in [5.74, 6) is -1.06. The van der Waals surface area contributed by atoms with Gasteiger partial charge in [-0.25, -0.2) is 18.2 Å². The number of thiophene rings is 1. The molecule has 1 N–H and O–H groups in total. The van der Waals surface area contributed by atoms with Crippen LogP contribution >= 0.6 is 22.7 Å². The van der Waals surface area contributed by atoms with E-state index in [1.54, 1.807) is 23.6 Å². The first kappa shape index (κ1) is 20.6. The Labute approximate surface area is 180 Å². The second-order valence-electron chi connectivity index (χ2n) is 6.25. The van der Waals surface area contributed by atoms with E-state index in [1.165, 1.54) is 35.0 Å². The van der Waals surface area contributed by atoms with Crippen molar-refractivity contribution in [2.45, 2.75) is 17.9 Å². The van der Waals surface area contributed by atoms with Gasteiger partial charge in [0.2, 0.25) is 10.0 Å². The number of carbonyl (C=O) groups excluding carboxylic acids is 2. The van der Waals surface area contributed by atoms with E-state index in [0.29, 0.717) is 11.6 Å². The Hall–Kier alpha value is -2.67. The number of fused-ring (bicyclic) bond motifs is 1. The molecular formula is C18H16N4O5S3. The van der Waals surface area contributed by atoms with E-state index in [4.69, 9.17) is 0 Å². The third-order valence-corrected chi connectivity index (χ3v) is 8.34. The lowest BCUT2D eigenvalue weighted by Gasteiger charge is -2.25.